The number of hydrogen-bond acceptors (Lipinski definition) is 2. The van der Waals surface area contributed by atoms with Crippen molar-refractivity contribution in [2.75, 3.05) is 13.1 Å². The van der Waals surface area contributed by atoms with Crippen molar-refractivity contribution in [1.29, 1.82) is 0 Å². The molecule has 5 rings (SSSR count). The zero-order chi connectivity index (χ0) is 24.7. The number of benzene rings is 2. The number of hydrogen-bond donors (Lipinski definition) is 0. The van der Waals surface area contributed by atoms with Gasteiger partial charge in [-0.3, -0.25) is 9.59 Å². The summed E-state index contributed by atoms with van der Waals surface area (Å²) in [7, 11) is 0. The minimum atomic E-state index is 0.110. The molecule has 2 aliphatic heterocycles. The lowest BCUT2D eigenvalue weighted by molar-refractivity contribution is -0.142. The number of aryl methyl sites for hydroxylation is 2. The Balaban J connectivity index is 1.09. The summed E-state index contributed by atoms with van der Waals surface area (Å²) in [5.74, 6) is 0.939. The summed E-state index contributed by atoms with van der Waals surface area (Å²) in [5.41, 5.74) is 2.72. The Morgan fingerprint density at radius 1 is 0.583 bits per heavy atom. The van der Waals surface area contributed by atoms with Gasteiger partial charge in [-0.2, -0.15) is 0 Å². The van der Waals surface area contributed by atoms with E-state index in [2.05, 4.69) is 70.5 Å². The largest absolute Gasteiger partial charge is 0.339 e. The molecular weight excluding hydrogens is 444 g/mol. The Bertz CT molecular complexity index is 902. The number of likely N-dealkylation sites (tertiary alicyclic amines) is 2. The van der Waals surface area contributed by atoms with E-state index < -0.39 is 0 Å². The van der Waals surface area contributed by atoms with Gasteiger partial charge in [-0.25, -0.2) is 0 Å². The van der Waals surface area contributed by atoms with Crippen LogP contribution in [0, 0.1) is 11.8 Å². The van der Waals surface area contributed by atoms with E-state index in [0.717, 1.165) is 90.1 Å². The molecule has 2 heterocycles. The summed E-state index contributed by atoms with van der Waals surface area (Å²) in [5, 5.41) is 0. The average molecular weight is 487 g/mol. The fourth-order valence-electron chi connectivity index (χ4n) is 6.86. The average Bonchev–Trinajstić information content (AvgIpc) is 3.61. The summed E-state index contributed by atoms with van der Waals surface area (Å²) in [6.45, 7) is 1.82. The van der Waals surface area contributed by atoms with Gasteiger partial charge in [0.25, 0.3) is 0 Å². The Labute approximate surface area is 217 Å². The first kappa shape index (κ1) is 25.0. The van der Waals surface area contributed by atoms with Crippen molar-refractivity contribution in [2.24, 2.45) is 11.8 Å². The van der Waals surface area contributed by atoms with E-state index in [1.165, 1.54) is 11.1 Å². The molecule has 2 amide bonds. The molecule has 0 radical (unpaired) electrons. The Morgan fingerprint density at radius 2 is 0.972 bits per heavy atom. The quantitative estimate of drug-likeness (QED) is 0.456. The van der Waals surface area contributed by atoms with Gasteiger partial charge in [-0.05, 0) is 88.2 Å². The topological polar surface area (TPSA) is 40.6 Å². The van der Waals surface area contributed by atoms with Crippen LogP contribution in [0.2, 0.25) is 0 Å². The molecule has 1 aliphatic carbocycles. The van der Waals surface area contributed by atoms with Gasteiger partial charge in [0, 0.05) is 37.0 Å². The smallest absolute Gasteiger partial charge is 0.225 e. The van der Waals surface area contributed by atoms with Crippen molar-refractivity contribution < 1.29 is 9.59 Å². The molecule has 0 spiro atoms. The van der Waals surface area contributed by atoms with Gasteiger partial charge >= 0.3 is 0 Å². The summed E-state index contributed by atoms with van der Waals surface area (Å²) >= 11 is 0. The lowest BCUT2D eigenvalue weighted by Crippen LogP contribution is -2.44. The van der Waals surface area contributed by atoms with E-state index in [4.69, 9.17) is 0 Å². The van der Waals surface area contributed by atoms with Crippen molar-refractivity contribution in [2.45, 2.75) is 89.1 Å². The number of carbonyl (C=O) groups is 2. The highest BCUT2D eigenvalue weighted by molar-refractivity contribution is 5.82. The van der Waals surface area contributed by atoms with E-state index in [1.54, 1.807) is 0 Å². The Hall–Kier alpha value is -2.62. The molecule has 36 heavy (non-hydrogen) atoms. The van der Waals surface area contributed by atoms with Gasteiger partial charge < -0.3 is 9.80 Å². The number of nitrogens with zero attached hydrogens (tertiary/aromatic N) is 2. The lowest BCUT2D eigenvalue weighted by Gasteiger charge is -2.35. The van der Waals surface area contributed by atoms with Gasteiger partial charge in [0.1, 0.15) is 0 Å². The first-order valence-corrected chi connectivity index (χ1v) is 14.4. The number of amides is 2. The maximum absolute atomic E-state index is 13.5. The third kappa shape index (κ3) is 6.02. The van der Waals surface area contributed by atoms with Gasteiger partial charge in [0.05, 0.1) is 0 Å². The standard InChI is InChI=1S/C32H42N2O2/c35-31(33-23-7-13-29(33)21-15-25-9-3-1-4-10-25)27-17-19-28(20-18-27)32(36)34-24-8-14-30(34)22-16-26-11-5-2-6-12-26/h1-6,9-12,27-30H,7-8,13-24H2. The maximum atomic E-state index is 13.5. The Morgan fingerprint density at radius 3 is 1.36 bits per heavy atom. The minimum absolute atomic E-state index is 0.110. The molecular formula is C32H42N2O2. The van der Waals surface area contributed by atoms with Crippen LogP contribution in [0.25, 0.3) is 0 Å². The van der Waals surface area contributed by atoms with Crippen LogP contribution < -0.4 is 0 Å². The molecule has 2 aromatic rings. The van der Waals surface area contributed by atoms with Gasteiger partial charge in [0.2, 0.25) is 11.8 Å². The van der Waals surface area contributed by atoms with Crippen LogP contribution in [0.5, 0.6) is 0 Å². The van der Waals surface area contributed by atoms with Crippen LogP contribution in [0.4, 0.5) is 0 Å². The van der Waals surface area contributed by atoms with Crippen molar-refractivity contribution in [3.8, 4) is 0 Å². The van der Waals surface area contributed by atoms with Crippen LogP contribution in [0.15, 0.2) is 60.7 Å². The maximum Gasteiger partial charge on any atom is 0.225 e. The molecule has 2 unspecified atom stereocenters. The molecule has 3 fully saturated rings. The van der Waals surface area contributed by atoms with Crippen molar-refractivity contribution in [1.82, 2.24) is 9.80 Å². The predicted molar refractivity (Wildman–Crippen MR) is 144 cm³/mol. The first-order valence-electron chi connectivity index (χ1n) is 14.4. The summed E-state index contributed by atoms with van der Waals surface area (Å²) in [6, 6.07) is 22.0. The van der Waals surface area contributed by atoms with Crippen LogP contribution in [-0.2, 0) is 22.4 Å². The zero-order valence-electron chi connectivity index (χ0n) is 21.7. The van der Waals surface area contributed by atoms with E-state index in [0.29, 0.717) is 23.9 Å². The molecule has 4 heteroatoms. The van der Waals surface area contributed by atoms with E-state index >= 15 is 0 Å². The van der Waals surface area contributed by atoms with Crippen LogP contribution in [-0.4, -0.2) is 46.8 Å². The van der Waals surface area contributed by atoms with Gasteiger partial charge in [0.15, 0.2) is 0 Å². The van der Waals surface area contributed by atoms with Crippen LogP contribution in [0.1, 0.15) is 75.3 Å². The van der Waals surface area contributed by atoms with Crippen LogP contribution >= 0.6 is 0 Å². The summed E-state index contributed by atoms with van der Waals surface area (Å²) in [6.07, 6.45) is 12.2. The zero-order valence-corrected chi connectivity index (χ0v) is 21.7. The van der Waals surface area contributed by atoms with Crippen molar-refractivity contribution >= 4 is 11.8 Å². The monoisotopic (exact) mass is 486 g/mol. The fourth-order valence-corrected chi connectivity index (χ4v) is 6.86. The summed E-state index contributed by atoms with van der Waals surface area (Å²) in [4.78, 5) is 31.3. The fraction of sp³-hybridized carbons (Fsp3) is 0.562. The predicted octanol–water partition coefficient (Wildman–Crippen LogP) is 6.04. The molecule has 2 saturated heterocycles. The van der Waals surface area contributed by atoms with E-state index in [-0.39, 0.29) is 11.8 Å². The van der Waals surface area contributed by atoms with Crippen molar-refractivity contribution in [3.63, 3.8) is 0 Å². The second-order valence-corrected chi connectivity index (χ2v) is 11.3. The van der Waals surface area contributed by atoms with E-state index in [1.807, 2.05) is 0 Å². The summed E-state index contributed by atoms with van der Waals surface area (Å²) < 4.78 is 0. The molecule has 1 saturated carbocycles. The normalized spacial score (nSPS) is 26.3. The molecule has 0 N–H and O–H groups in total. The minimum Gasteiger partial charge on any atom is -0.339 e. The molecule has 2 atom stereocenters. The van der Waals surface area contributed by atoms with Crippen LogP contribution in [0.3, 0.4) is 0 Å². The van der Waals surface area contributed by atoms with Gasteiger partial charge in [-0.1, -0.05) is 60.7 Å². The molecule has 3 aliphatic rings. The molecule has 192 valence electrons. The highest BCUT2D eigenvalue weighted by Crippen LogP contribution is 2.35. The third-order valence-electron chi connectivity index (χ3n) is 8.96. The van der Waals surface area contributed by atoms with Gasteiger partial charge in [-0.15, -0.1) is 0 Å². The van der Waals surface area contributed by atoms with E-state index in [9.17, 15) is 9.59 Å². The third-order valence-corrected chi connectivity index (χ3v) is 8.96. The molecule has 2 aromatic carbocycles. The molecule has 0 bridgehead atoms. The number of carbonyl (C=O) groups excluding carboxylic acids is 2. The lowest BCUT2D eigenvalue weighted by atomic mass is 9.80. The Kier molecular flexibility index (Phi) is 8.40. The SMILES string of the molecule is O=C(C1CCC(C(=O)N2CCCC2CCc2ccccc2)CC1)N1CCCC1CCc1ccccc1. The number of rotatable bonds is 8. The highest BCUT2D eigenvalue weighted by Gasteiger charge is 2.38. The molecule has 4 nitrogen and oxygen atoms in total. The first-order chi connectivity index (χ1) is 17.7. The highest BCUT2D eigenvalue weighted by atomic mass is 16.2. The molecule has 0 aromatic heterocycles. The van der Waals surface area contributed by atoms with Crippen molar-refractivity contribution in [3.05, 3.63) is 71.8 Å². The second kappa shape index (κ2) is 12.1. The second-order valence-electron chi connectivity index (χ2n) is 11.3.